The van der Waals surface area contributed by atoms with E-state index in [-0.39, 0.29) is 0 Å². The molecule has 2 heterocycles. The highest BCUT2D eigenvalue weighted by Gasteiger charge is 2.07. The van der Waals surface area contributed by atoms with Crippen molar-refractivity contribution >= 4 is 10.8 Å². The molecule has 0 aliphatic carbocycles. The predicted octanol–water partition coefficient (Wildman–Crippen LogP) is 2.45. The van der Waals surface area contributed by atoms with Gasteiger partial charge in [0.05, 0.1) is 52.4 Å². The van der Waals surface area contributed by atoms with Crippen molar-refractivity contribution in [2.24, 2.45) is 0 Å². The van der Waals surface area contributed by atoms with Gasteiger partial charge in [-0.25, -0.2) is 4.68 Å². The molecule has 3 aromatic rings. The molecule has 1 aliphatic heterocycles. The smallest absolute Gasteiger partial charge is 0.127 e. The number of rotatable bonds is 0. The molecule has 1 aromatic heterocycles. The zero-order chi connectivity index (χ0) is 19.7. The summed E-state index contributed by atoms with van der Waals surface area (Å²) in [7, 11) is 0. The first-order valence-electron chi connectivity index (χ1n) is 9.80. The van der Waals surface area contributed by atoms with Crippen LogP contribution in [0, 0.1) is 0 Å². The minimum absolute atomic E-state index is 0.409. The van der Waals surface area contributed by atoms with Crippen LogP contribution in [0.1, 0.15) is 5.69 Å². The summed E-state index contributed by atoms with van der Waals surface area (Å²) in [6.07, 6.45) is 1.87. The van der Waals surface area contributed by atoms with Crippen molar-refractivity contribution in [2.75, 3.05) is 46.2 Å². The van der Waals surface area contributed by atoms with Gasteiger partial charge in [0.15, 0.2) is 0 Å². The fourth-order valence-electron chi connectivity index (χ4n) is 3.10. The molecule has 8 heteroatoms. The standard InChI is InChI=1S/C21H25N3O5/c1-4-19-18-3-2-6-21(19)29-14-12-26-9-10-27-16-17-15-24(23-22-17)7-8-25-11-13-28-20(18)5-1/h1-6,15H,7-14,16H2. The minimum atomic E-state index is 0.409. The van der Waals surface area contributed by atoms with E-state index in [1.807, 2.05) is 42.6 Å². The summed E-state index contributed by atoms with van der Waals surface area (Å²) < 4.78 is 30.4. The van der Waals surface area contributed by atoms with Crippen LogP contribution in [0.25, 0.3) is 10.8 Å². The third-order valence-electron chi connectivity index (χ3n) is 4.49. The number of aromatic nitrogens is 3. The lowest BCUT2D eigenvalue weighted by atomic mass is 10.1. The zero-order valence-corrected chi connectivity index (χ0v) is 16.3. The highest BCUT2D eigenvalue weighted by Crippen LogP contribution is 2.32. The lowest BCUT2D eigenvalue weighted by Gasteiger charge is -2.13. The first-order valence-corrected chi connectivity index (χ1v) is 9.80. The summed E-state index contributed by atoms with van der Waals surface area (Å²) in [6.45, 7) is 4.48. The Morgan fingerprint density at radius 2 is 1.31 bits per heavy atom. The molecule has 29 heavy (non-hydrogen) atoms. The van der Waals surface area contributed by atoms with Crippen molar-refractivity contribution in [1.82, 2.24) is 15.0 Å². The highest BCUT2D eigenvalue weighted by atomic mass is 16.5. The molecule has 0 amide bonds. The van der Waals surface area contributed by atoms with Gasteiger partial charge in [-0.1, -0.05) is 29.5 Å². The molecule has 8 nitrogen and oxygen atoms in total. The zero-order valence-electron chi connectivity index (χ0n) is 16.3. The molecule has 0 unspecified atom stereocenters. The van der Waals surface area contributed by atoms with Gasteiger partial charge in [0.1, 0.15) is 30.4 Å². The van der Waals surface area contributed by atoms with Gasteiger partial charge in [-0.05, 0) is 12.1 Å². The Balaban J connectivity index is 1.42. The lowest BCUT2D eigenvalue weighted by molar-refractivity contribution is 0.0296. The lowest BCUT2D eigenvalue weighted by Crippen LogP contribution is -2.12. The van der Waals surface area contributed by atoms with Crippen LogP contribution >= 0.6 is 0 Å². The summed E-state index contributed by atoms with van der Waals surface area (Å²) >= 11 is 0. The number of fused-ring (bicyclic) bond motifs is 2. The monoisotopic (exact) mass is 399 g/mol. The summed E-state index contributed by atoms with van der Waals surface area (Å²) in [5, 5.41) is 10.2. The Kier molecular flexibility index (Phi) is 6.90. The Hall–Kier alpha value is -2.68. The van der Waals surface area contributed by atoms with Crippen LogP contribution in [0.2, 0.25) is 0 Å². The number of benzene rings is 2. The Morgan fingerprint density at radius 1 is 0.690 bits per heavy atom. The van der Waals surface area contributed by atoms with E-state index in [1.54, 1.807) is 4.68 Å². The number of hydrogen-bond acceptors (Lipinski definition) is 7. The molecule has 6 bridgehead atoms. The van der Waals surface area contributed by atoms with Crippen molar-refractivity contribution in [1.29, 1.82) is 0 Å². The maximum atomic E-state index is 5.94. The summed E-state index contributed by atoms with van der Waals surface area (Å²) in [5.41, 5.74) is 0.787. The third-order valence-corrected chi connectivity index (χ3v) is 4.49. The van der Waals surface area contributed by atoms with Crippen LogP contribution in [0.15, 0.2) is 42.6 Å². The van der Waals surface area contributed by atoms with E-state index >= 15 is 0 Å². The fourth-order valence-corrected chi connectivity index (χ4v) is 3.10. The maximum absolute atomic E-state index is 5.94. The van der Waals surface area contributed by atoms with Crippen LogP contribution in [-0.4, -0.2) is 61.2 Å². The molecule has 0 atom stereocenters. The molecule has 0 N–H and O–H groups in total. The topological polar surface area (TPSA) is 76.9 Å². The van der Waals surface area contributed by atoms with Crippen LogP contribution < -0.4 is 9.47 Å². The molecule has 0 radical (unpaired) electrons. The highest BCUT2D eigenvalue weighted by molar-refractivity contribution is 5.93. The van der Waals surface area contributed by atoms with Crippen LogP contribution in [0.3, 0.4) is 0 Å². The number of hydrogen-bond donors (Lipinski definition) is 0. The molecule has 1 aliphatic rings. The summed E-state index contributed by atoms with van der Waals surface area (Å²) in [5.74, 6) is 1.63. The van der Waals surface area contributed by atoms with Crippen LogP contribution in [-0.2, 0) is 27.4 Å². The summed E-state index contributed by atoms with van der Waals surface area (Å²) in [6, 6.07) is 11.9. The van der Waals surface area contributed by atoms with Crippen molar-refractivity contribution in [2.45, 2.75) is 13.2 Å². The number of nitrogens with zero attached hydrogens (tertiary/aromatic N) is 3. The first kappa shape index (κ1) is 19.6. The van der Waals surface area contributed by atoms with Crippen LogP contribution in [0.4, 0.5) is 0 Å². The van der Waals surface area contributed by atoms with Gasteiger partial charge in [-0.2, -0.15) is 0 Å². The van der Waals surface area contributed by atoms with E-state index in [0.717, 1.165) is 28.0 Å². The second-order valence-electron chi connectivity index (χ2n) is 6.55. The van der Waals surface area contributed by atoms with Gasteiger partial charge in [0.2, 0.25) is 0 Å². The van der Waals surface area contributed by atoms with E-state index in [9.17, 15) is 0 Å². The third kappa shape index (κ3) is 5.44. The molecule has 154 valence electrons. The average molecular weight is 399 g/mol. The molecule has 4 rings (SSSR count). The summed E-state index contributed by atoms with van der Waals surface area (Å²) in [4.78, 5) is 0. The van der Waals surface area contributed by atoms with Gasteiger partial charge in [-0.3, -0.25) is 0 Å². The van der Waals surface area contributed by atoms with Crippen molar-refractivity contribution in [3.05, 3.63) is 48.3 Å². The largest absolute Gasteiger partial charge is 0.491 e. The molecule has 2 aromatic carbocycles. The second kappa shape index (κ2) is 10.2. The molecular formula is C21H25N3O5. The first-order chi connectivity index (χ1) is 14.4. The van der Waals surface area contributed by atoms with Crippen molar-refractivity contribution < 1.29 is 23.7 Å². The van der Waals surface area contributed by atoms with E-state index < -0.39 is 0 Å². The van der Waals surface area contributed by atoms with Gasteiger partial charge < -0.3 is 23.7 Å². The minimum Gasteiger partial charge on any atom is -0.491 e. The number of ether oxygens (including phenoxy) is 5. The van der Waals surface area contributed by atoms with Gasteiger partial charge in [0.25, 0.3) is 0 Å². The molecule has 0 saturated heterocycles. The normalized spacial score (nSPS) is 17.2. The van der Waals surface area contributed by atoms with Crippen molar-refractivity contribution in [3.8, 4) is 11.5 Å². The molecule has 0 saturated carbocycles. The van der Waals surface area contributed by atoms with Gasteiger partial charge in [0, 0.05) is 10.8 Å². The van der Waals surface area contributed by atoms with E-state index in [2.05, 4.69) is 10.3 Å². The molecule has 0 fully saturated rings. The second-order valence-corrected chi connectivity index (χ2v) is 6.55. The fraction of sp³-hybridized carbons (Fsp3) is 0.429. The quantitative estimate of drug-likeness (QED) is 0.575. The Morgan fingerprint density at radius 3 is 2.03 bits per heavy atom. The van der Waals surface area contributed by atoms with E-state index in [4.69, 9.17) is 23.7 Å². The Labute approximate surface area is 169 Å². The van der Waals surface area contributed by atoms with Crippen molar-refractivity contribution in [3.63, 3.8) is 0 Å². The maximum Gasteiger partial charge on any atom is 0.127 e. The van der Waals surface area contributed by atoms with E-state index in [0.29, 0.717) is 59.4 Å². The predicted molar refractivity (Wildman–Crippen MR) is 106 cm³/mol. The van der Waals surface area contributed by atoms with Crippen LogP contribution in [0.5, 0.6) is 11.5 Å². The van der Waals surface area contributed by atoms with E-state index in [1.165, 1.54) is 0 Å². The molecule has 0 spiro atoms. The Bertz CT molecular complexity index is 914. The van der Waals surface area contributed by atoms with Gasteiger partial charge >= 0.3 is 0 Å². The average Bonchev–Trinajstić information content (AvgIpc) is 3.19. The SMILES string of the molecule is c1cc2c3cccc(c3c1)OCCOCCOCc1cn(nn1)CCOCCO2. The van der Waals surface area contributed by atoms with Gasteiger partial charge in [-0.15, -0.1) is 5.10 Å². The molecular weight excluding hydrogens is 374 g/mol.